The Hall–Kier alpha value is -1.94. The van der Waals surface area contributed by atoms with Crippen molar-refractivity contribution in [2.75, 3.05) is 51.4 Å². The molecule has 2 aliphatic rings. The number of aliphatic imine (C=N–C) groups is 1. The van der Waals surface area contributed by atoms with Crippen molar-refractivity contribution in [3.63, 3.8) is 0 Å². The fourth-order valence-corrected chi connectivity index (χ4v) is 4.19. The van der Waals surface area contributed by atoms with E-state index in [1.54, 1.807) is 13.4 Å². The second-order valence-electron chi connectivity index (χ2n) is 8.31. The summed E-state index contributed by atoms with van der Waals surface area (Å²) in [6.07, 6.45) is 5.92. The first kappa shape index (κ1) is 24.7. The van der Waals surface area contributed by atoms with Crippen molar-refractivity contribution in [2.24, 2.45) is 10.9 Å². The van der Waals surface area contributed by atoms with Crippen LogP contribution in [0.4, 0.5) is 5.69 Å². The van der Waals surface area contributed by atoms with Crippen LogP contribution in [0.1, 0.15) is 25.0 Å². The number of furan rings is 1. The summed E-state index contributed by atoms with van der Waals surface area (Å²) < 4.78 is 16.4. The first-order valence-electron chi connectivity index (χ1n) is 11.3. The van der Waals surface area contributed by atoms with E-state index in [2.05, 4.69) is 33.7 Å². The fraction of sp³-hybridized carbons (Fsp3) is 0.542. The van der Waals surface area contributed by atoms with Gasteiger partial charge in [0.15, 0.2) is 5.96 Å². The zero-order valence-electron chi connectivity index (χ0n) is 18.8. The van der Waals surface area contributed by atoms with Crippen LogP contribution in [0.25, 0.3) is 0 Å². The number of guanidine groups is 1. The lowest BCUT2D eigenvalue weighted by molar-refractivity contribution is 0.187. The highest BCUT2D eigenvalue weighted by Gasteiger charge is 2.22. The van der Waals surface area contributed by atoms with Crippen LogP contribution in [0.2, 0.25) is 0 Å². The quantitative estimate of drug-likeness (QED) is 0.295. The number of hydrogen-bond donors (Lipinski definition) is 2. The second kappa shape index (κ2) is 12.9. The van der Waals surface area contributed by atoms with E-state index in [4.69, 9.17) is 18.9 Å². The average Bonchev–Trinajstić information content (AvgIpc) is 3.52. The molecule has 0 spiro atoms. The van der Waals surface area contributed by atoms with E-state index in [0.29, 0.717) is 12.0 Å². The van der Waals surface area contributed by atoms with Gasteiger partial charge < -0.3 is 29.4 Å². The number of piperidine rings is 1. The summed E-state index contributed by atoms with van der Waals surface area (Å²) in [5.74, 6) is 3.28. The molecule has 32 heavy (non-hydrogen) atoms. The highest BCUT2D eigenvalue weighted by Crippen LogP contribution is 2.24. The largest absolute Gasteiger partial charge is 0.497 e. The lowest BCUT2D eigenvalue weighted by Gasteiger charge is -2.35. The van der Waals surface area contributed by atoms with Gasteiger partial charge in [-0.15, -0.1) is 24.0 Å². The van der Waals surface area contributed by atoms with Crippen molar-refractivity contribution >= 4 is 35.6 Å². The molecule has 0 aliphatic carbocycles. The molecule has 0 saturated carbocycles. The summed E-state index contributed by atoms with van der Waals surface area (Å²) in [6, 6.07) is 12.6. The second-order valence-corrected chi connectivity index (χ2v) is 8.31. The van der Waals surface area contributed by atoms with Crippen LogP contribution < -0.4 is 20.3 Å². The molecule has 2 saturated heterocycles. The number of rotatable bonds is 8. The number of nitrogens with one attached hydrogen (secondary N) is 2. The van der Waals surface area contributed by atoms with Crippen molar-refractivity contribution in [2.45, 2.75) is 31.7 Å². The topological polar surface area (TPSA) is 71.3 Å². The van der Waals surface area contributed by atoms with Crippen molar-refractivity contribution < 1.29 is 13.9 Å². The third-order valence-electron chi connectivity index (χ3n) is 5.96. The van der Waals surface area contributed by atoms with Crippen LogP contribution in [0.15, 0.2) is 52.1 Å². The lowest BCUT2D eigenvalue weighted by atomic mass is 10.0. The summed E-state index contributed by atoms with van der Waals surface area (Å²) >= 11 is 0. The van der Waals surface area contributed by atoms with Crippen molar-refractivity contribution in [3.8, 4) is 5.75 Å². The molecule has 0 bridgehead atoms. The Morgan fingerprint density at radius 2 is 2.19 bits per heavy atom. The zero-order valence-corrected chi connectivity index (χ0v) is 21.1. The fourth-order valence-electron chi connectivity index (χ4n) is 4.19. The Balaban J connectivity index is 0.00000289. The van der Waals surface area contributed by atoms with Gasteiger partial charge in [-0.1, -0.05) is 6.07 Å². The van der Waals surface area contributed by atoms with Gasteiger partial charge >= 0.3 is 0 Å². The summed E-state index contributed by atoms with van der Waals surface area (Å²) in [5, 5.41) is 7.18. The standard InChI is InChI=1S/C24H34N4O3.HI/c1-29-23-7-2-6-21(15-23)28-12-3-5-20(17-28)27-24(26-16-19-10-14-30-18-19)25-11-9-22-8-4-13-31-22;/h2,4,6-8,13,15,19-20H,3,5,9-12,14,16-18H2,1H3,(H2,25,26,27);1H. The summed E-state index contributed by atoms with van der Waals surface area (Å²) in [4.78, 5) is 7.31. The first-order valence-corrected chi connectivity index (χ1v) is 11.3. The van der Waals surface area contributed by atoms with Gasteiger partial charge in [0.1, 0.15) is 11.5 Å². The zero-order chi connectivity index (χ0) is 21.3. The van der Waals surface area contributed by atoms with Crippen LogP contribution in [-0.2, 0) is 11.2 Å². The Morgan fingerprint density at radius 3 is 2.97 bits per heavy atom. The number of anilines is 1. The van der Waals surface area contributed by atoms with E-state index in [-0.39, 0.29) is 24.0 Å². The Morgan fingerprint density at radius 1 is 1.25 bits per heavy atom. The molecule has 2 atom stereocenters. The smallest absolute Gasteiger partial charge is 0.191 e. The van der Waals surface area contributed by atoms with Crippen LogP contribution in [0, 0.1) is 5.92 Å². The maximum Gasteiger partial charge on any atom is 0.191 e. The van der Waals surface area contributed by atoms with Gasteiger partial charge in [-0.3, -0.25) is 4.99 Å². The molecule has 7 nitrogen and oxygen atoms in total. The molecule has 1 aromatic carbocycles. The van der Waals surface area contributed by atoms with Gasteiger partial charge in [-0.05, 0) is 43.5 Å². The summed E-state index contributed by atoms with van der Waals surface area (Å²) in [7, 11) is 1.71. The van der Waals surface area contributed by atoms with Crippen LogP contribution in [0.5, 0.6) is 5.75 Å². The molecule has 2 unspecified atom stereocenters. The highest BCUT2D eigenvalue weighted by atomic mass is 127. The number of ether oxygens (including phenoxy) is 2. The maximum absolute atomic E-state index is 5.51. The van der Waals surface area contributed by atoms with Gasteiger partial charge in [0, 0.05) is 62.9 Å². The third-order valence-corrected chi connectivity index (χ3v) is 5.96. The molecule has 176 valence electrons. The van der Waals surface area contributed by atoms with Crippen LogP contribution in [-0.4, -0.2) is 58.5 Å². The monoisotopic (exact) mass is 554 g/mol. The Bertz CT molecular complexity index is 824. The average molecular weight is 554 g/mol. The van der Waals surface area contributed by atoms with E-state index >= 15 is 0 Å². The minimum atomic E-state index is 0. The molecule has 2 N–H and O–H groups in total. The molecule has 0 amide bonds. The minimum Gasteiger partial charge on any atom is -0.497 e. The molecule has 2 fully saturated rings. The van der Waals surface area contributed by atoms with Crippen LogP contribution >= 0.6 is 24.0 Å². The molecule has 4 rings (SSSR count). The van der Waals surface area contributed by atoms with E-state index in [1.807, 2.05) is 18.2 Å². The van der Waals surface area contributed by atoms with Gasteiger partial charge in [0.2, 0.25) is 0 Å². The summed E-state index contributed by atoms with van der Waals surface area (Å²) in [6.45, 7) is 5.25. The molecule has 2 aliphatic heterocycles. The normalized spacial score (nSPS) is 21.2. The number of hydrogen-bond acceptors (Lipinski definition) is 5. The molecular weight excluding hydrogens is 519 g/mol. The summed E-state index contributed by atoms with van der Waals surface area (Å²) in [5.41, 5.74) is 1.21. The molecule has 3 heterocycles. The lowest BCUT2D eigenvalue weighted by Crippen LogP contribution is -2.51. The van der Waals surface area contributed by atoms with Crippen molar-refractivity contribution in [3.05, 3.63) is 48.4 Å². The van der Waals surface area contributed by atoms with Gasteiger partial charge in [0.05, 0.1) is 20.0 Å². The number of halogens is 1. The predicted octanol–water partition coefficient (Wildman–Crippen LogP) is 3.69. The van der Waals surface area contributed by atoms with Crippen molar-refractivity contribution in [1.82, 2.24) is 10.6 Å². The third kappa shape index (κ3) is 7.30. The van der Waals surface area contributed by atoms with E-state index < -0.39 is 0 Å². The molecule has 1 aromatic heterocycles. The van der Waals surface area contributed by atoms with Crippen LogP contribution in [0.3, 0.4) is 0 Å². The Kier molecular flexibility index (Phi) is 9.98. The first-order chi connectivity index (χ1) is 15.3. The van der Waals surface area contributed by atoms with Gasteiger partial charge in [0.25, 0.3) is 0 Å². The molecule has 0 radical (unpaired) electrons. The van der Waals surface area contributed by atoms with Gasteiger partial charge in [-0.2, -0.15) is 0 Å². The number of methoxy groups -OCH3 is 1. The Labute approximate surface area is 208 Å². The van der Waals surface area contributed by atoms with E-state index in [0.717, 1.165) is 82.5 Å². The molecule has 8 heteroatoms. The predicted molar refractivity (Wildman–Crippen MR) is 138 cm³/mol. The van der Waals surface area contributed by atoms with Crippen molar-refractivity contribution in [1.29, 1.82) is 0 Å². The highest BCUT2D eigenvalue weighted by molar-refractivity contribution is 14.0. The number of benzene rings is 1. The minimum absolute atomic E-state index is 0. The SMILES string of the molecule is COc1cccc(N2CCCC(NC(=NCC3CCOC3)NCCc3ccco3)C2)c1.I. The van der Waals surface area contributed by atoms with E-state index in [1.165, 1.54) is 5.69 Å². The maximum atomic E-state index is 5.51. The van der Waals surface area contributed by atoms with Gasteiger partial charge in [-0.25, -0.2) is 0 Å². The molecular formula is C24H35IN4O3. The van der Waals surface area contributed by atoms with E-state index in [9.17, 15) is 0 Å². The molecule has 2 aromatic rings. The number of nitrogens with zero attached hydrogens (tertiary/aromatic N) is 2.